The monoisotopic (exact) mass is 932 g/mol. The fraction of sp³-hybridized carbons (Fsp3) is 0.531. The predicted octanol–water partition coefficient (Wildman–Crippen LogP) is 6.37. The number of amides is 2. The van der Waals surface area contributed by atoms with E-state index in [4.69, 9.17) is 52.1 Å². The lowest BCUT2D eigenvalue weighted by Gasteiger charge is -2.19. The van der Waals surface area contributed by atoms with E-state index in [2.05, 4.69) is 44.5 Å². The second kappa shape index (κ2) is 28.8. The maximum Gasteiger partial charge on any atom is 0.407 e. The fourth-order valence-corrected chi connectivity index (χ4v) is 6.78. The van der Waals surface area contributed by atoms with E-state index in [1.165, 1.54) is 0 Å². The highest BCUT2D eigenvalue weighted by Crippen LogP contribution is 2.36. The summed E-state index contributed by atoms with van der Waals surface area (Å²) in [6, 6.07) is 15.5. The molecule has 5 aromatic rings. The normalized spacial score (nSPS) is 12.1. The second-order valence-electron chi connectivity index (χ2n) is 16.3. The van der Waals surface area contributed by atoms with Crippen LogP contribution in [-0.4, -0.2) is 156 Å². The molecule has 366 valence electrons. The molecule has 5 rings (SSSR count). The summed E-state index contributed by atoms with van der Waals surface area (Å²) in [6.45, 7) is 19.2. The summed E-state index contributed by atoms with van der Waals surface area (Å²) in [7, 11) is 0. The van der Waals surface area contributed by atoms with Gasteiger partial charge in [0.05, 0.1) is 134 Å². The van der Waals surface area contributed by atoms with Crippen LogP contribution in [0.4, 0.5) is 4.79 Å². The van der Waals surface area contributed by atoms with Crippen LogP contribution >= 0.6 is 0 Å². The molecule has 0 saturated carbocycles. The molecule has 1 aromatic carbocycles. The third-order valence-electron chi connectivity index (χ3n) is 10.0. The van der Waals surface area contributed by atoms with Crippen LogP contribution in [-0.2, 0) is 42.6 Å². The molecule has 1 atom stereocenters. The van der Waals surface area contributed by atoms with Gasteiger partial charge in [-0.05, 0) is 77.4 Å². The predicted molar refractivity (Wildman–Crippen MR) is 251 cm³/mol. The van der Waals surface area contributed by atoms with Crippen molar-refractivity contribution in [3.05, 3.63) is 89.8 Å². The summed E-state index contributed by atoms with van der Waals surface area (Å²) in [5.41, 5.74) is 7.32. The molecule has 0 saturated heterocycles. The minimum atomic E-state index is -0.523. The molecule has 0 radical (unpaired) electrons. The zero-order chi connectivity index (χ0) is 47.7. The Morgan fingerprint density at radius 3 is 1.67 bits per heavy atom. The van der Waals surface area contributed by atoms with Crippen LogP contribution in [0, 0.1) is 13.8 Å². The summed E-state index contributed by atoms with van der Waals surface area (Å²) in [5, 5.41) is 9.70. The lowest BCUT2D eigenvalue weighted by Crippen LogP contribution is -2.34. The molecule has 18 nitrogen and oxygen atoms in total. The van der Waals surface area contributed by atoms with E-state index in [0.29, 0.717) is 124 Å². The lowest BCUT2D eigenvalue weighted by molar-refractivity contribution is -0.0229. The Kier molecular flexibility index (Phi) is 22.6. The lowest BCUT2D eigenvalue weighted by atomic mass is 10.0. The number of benzene rings is 1. The van der Waals surface area contributed by atoms with Crippen molar-refractivity contribution in [2.24, 2.45) is 0 Å². The number of alkyl carbamates (subject to hydrolysis) is 1. The van der Waals surface area contributed by atoms with Crippen molar-refractivity contribution in [3.63, 3.8) is 0 Å². The molecule has 0 bridgehead atoms. The van der Waals surface area contributed by atoms with Crippen LogP contribution in [0.5, 0.6) is 0 Å². The molecule has 0 unspecified atom stereocenters. The molecule has 2 amide bonds. The summed E-state index contributed by atoms with van der Waals surface area (Å²) < 4.78 is 56.9. The Morgan fingerprint density at radius 1 is 0.672 bits per heavy atom. The molecule has 0 spiro atoms. The highest BCUT2D eigenvalue weighted by Gasteiger charge is 2.21. The van der Waals surface area contributed by atoms with Gasteiger partial charge in [0.2, 0.25) is 0 Å². The van der Waals surface area contributed by atoms with Crippen LogP contribution in [0.3, 0.4) is 0 Å². The third-order valence-corrected chi connectivity index (χ3v) is 10.0. The largest absolute Gasteiger partial charge is 0.444 e. The molecule has 0 aliphatic rings. The average Bonchev–Trinajstić information content (AvgIpc) is 3.87. The van der Waals surface area contributed by atoms with Gasteiger partial charge in [0.15, 0.2) is 0 Å². The number of hydrogen-bond donors (Lipinski definition) is 2. The van der Waals surface area contributed by atoms with Crippen LogP contribution < -0.4 is 10.6 Å². The van der Waals surface area contributed by atoms with E-state index in [0.717, 1.165) is 50.4 Å². The van der Waals surface area contributed by atoms with Crippen molar-refractivity contribution < 1.29 is 56.7 Å². The summed E-state index contributed by atoms with van der Waals surface area (Å²) in [6.07, 6.45) is 5.31. The van der Waals surface area contributed by atoms with E-state index in [-0.39, 0.29) is 11.9 Å². The number of pyridine rings is 2. The molecule has 67 heavy (non-hydrogen) atoms. The van der Waals surface area contributed by atoms with Crippen molar-refractivity contribution in [2.45, 2.75) is 53.2 Å². The van der Waals surface area contributed by atoms with Crippen molar-refractivity contribution >= 4 is 23.0 Å². The minimum Gasteiger partial charge on any atom is -0.444 e. The first-order chi connectivity index (χ1) is 32.5. The smallest absolute Gasteiger partial charge is 0.407 e. The molecule has 4 aromatic heterocycles. The van der Waals surface area contributed by atoms with Gasteiger partial charge in [0, 0.05) is 53.9 Å². The maximum atomic E-state index is 13.0. The molecule has 2 N–H and O–H groups in total. The van der Waals surface area contributed by atoms with Gasteiger partial charge in [-0.1, -0.05) is 23.4 Å². The van der Waals surface area contributed by atoms with Gasteiger partial charge in [-0.2, -0.15) is 0 Å². The van der Waals surface area contributed by atoms with Crippen molar-refractivity contribution in [1.29, 1.82) is 0 Å². The van der Waals surface area contributed by atoms with E-state index in [1.54, 1.807) is 6.20 Å². The number of aryl methyl sites for hydroxylation is 2. The van der Waals surface area contributed by atoms with Crippen LogP contribution in [0.15, 0.2) is 71.6 Å². The van der Waals surface area contributed by atoms with Crippen molar-refractivity contribution in [2.75, 3.05) is 119 Å². The quantitative estimate of drug-likeness (QED) is 0.0451. The van der Waals surface area contributed by atoms with E-state index >= 15 is 0 Å². The zero-order valence-electron chi connectivity index (χ0n) is 39.8. The van der Waals surface area contributed by atoms with Gasteiger partial charge in [0.25, 0.3) is 5.91 Å². The van der Waals surface area contributed by atoms with Crippen molar-refractivity contribution in [1.82, 2.24) is 30.3 Å². The van der Waals surface area contributed by atoms with E-state index in [9.17, 15) is 9.59 Å². The highest BCUT2D eigenvalue weighted by molar-refractivity contribution is 5.97. The maximum absolute atomic E-state index is 13.0. The van der Waals surface area contributed by atoms with Gasteiger partial charge in [-0.3, -0.25) is 14.8 Å². The first kappa shape index (κ1) is 52.7. The summed E-state index contributed by atoms with van der Waals surface area (Å²) >= 11 is 0. The average molecular weight is 933 g/mol. The number of hydrogen-bond acceptors (Lipinski definition) is 15. The van der Waals surface area contributed by atoms with E-state index in [1.807, 2.05) is 83.3 Å². The second-order valence-corrected chi connectivity index (χ2v) is 16.3. The van der Waals surface area contributed by atoms with Crippen molar-refractivity contribution in [3.8, 4) is 22.3 Å². The third kappa shape index (κ3) is 18.4. The first-order valence-electron chi connectivity index (χ1n) is 22.8. The number of nitrogens with zero attached hydrogens (tertiary/aromatic N) is 4. The molecule has 0 aliphatic carbocycles. The molecule has 18 heteroatoms. The topological polar surface area (TPSA) is 198 Å². The SMILES string of the molecule is Cc1noc(C)c1-c1cnc2c(-c3ccc(C(=O)NCCOCCOCCOCCOCCOCCOCCOCCOCCNC(=O)OC(C)(C)C)cc3)cn([C@@H](C)c3ccccn3)c2c1. The molecule has 4 heterocycles. The van der Waals surface area contributed by atoms with Gasteiger partial charge in [-0.15, -0.1) is 0 Å². The number of fused-ring (bicyclic) bond motifs is 1. The number of rotatable bonds is 32. The van der Waals surface area contributed by atoms with Crippen LogP contribution in [0.1, 0.15) is 61.2 Å². The molecule has 0 fully saturated rings. The number of aromatic nitrogens is 4. The highest BCUT2D eigenvalue weighted by atomic mass is 16.6. The Hall–Kier alpha value is -5.31. The Balaban J connectivity index is 0.844. The molecular weight excluding hydrogens is 865 g/mol. The number of carbonyl (C=O) groups is 2. The Bertz CT molecular complexity index is 2170. The number of nitrogens with one attached hydrogen (secondary N) is 2. The van der Waals surface area contributed by atoms with Gasteiger partial charge < -0.3 is 62.4 Å². The van der Waals surface area contributed by atoms with Crippen LogP contribution in [0.25, 0.3) is 33.3 Å². The summed E-state index contributed by atoms with van der Waals surface area (Å²) in [5.74, 6) is 0.560. The molecule has 0 aliphatic heterocycles. The minimum absolute atomic E-state index is 0.0619. The van der Waals surface area contributed by atoms with E-state index < -0.39 is 11.7 Å². The number of ether oxygens (including phenoxy) is 9. The molecular formula is C49H68N6O12. The number of carbonyl (C=O) groups excluding carboxylic acids is 2. The zero-order valence-corrected chi connectivity index (χ0v) is 39.8. The van der Waals surface area contributed by atoms with Gasteiger partial charge in [0.1, 0.15) is 11.4 Å². The fourth-order valence-electron chi connectivity index (χ4n) is 6.78. The Morgan fingerprint density at radius 2 is 1.19 bits per heavy atom. The first-order valence-corrected chi connectivity index (χ1v) is 22.8. The Labute approximate surface area is 393 Å². The van der Waals surface area contributed by atoms with Gasteiger partial charge >= 0.3 is 6.09 Å². The standard InChI is InChI=1S/C49H68N6O12/c1-36-45(38(3)67-54-36)41-33-44-46(53-34-41)42(35-55(44)37(2)43-9-7-8-14-50-43)39-10-12-40(13-11-39)47(56)51-15-17-58-19-21-60-23-25-62-27-29-64-31-32-65-30-28-63-26-24-61-22-20-59-18-16-52-48(57)66-49(4,5)6/h7-14,33-35,37H,15-32H2,1-6H3,(H,51,56)(H,52,57)/t37-/m0/s1. The van der Waals surface area contributed by atoms with Crippen LogP contribution in [0.2, 0.25) is 0 Å². The van der Waals surface area contributed by atoms with Gasteiger partial charge in [-0.25, -0.2) is 4.79 Å². The summed E-state index contributed by atoms with van der Waals surface area (Å²) in [4.78, 5) is 34.1.